The Morgan fingerprint density at radius 2 is 1.65 bits per heavy atom. The fourth-order valence-electron chi connectivity index (χ4n) is 1.99. The maximum atomic E-state index is 9.64. The molecule has 0 amide bonds. The third kappa shape index (κ3) is 5.55. The van der Waals surface area contributed by atoms with Crippen LogP contribution in [0.4, 0.5) is 0 Å². The van der Waals surface area contributed by atoms with Gasteiger partial charge in [-0.05, 0) is 55.3 Å². The predicted molar refractivity (Wildman–Crippen MR) is 95.0 cm³/mol. The Morgan fingerprint density at radius 3 is 2.30 bits per heavy atom. The number of methoxy groups -OCH3 is 1. The van der Waals surface area contributed by atoms with Crippen molar-refractivity contribution in [3.63, 3.8) is 0 Å². The highest BCUT2D eigenvalue weighted by Crippen LogP contribution is 2.23. The van der Waals surface area contributed by atoms with E-state index in [1.807, 2.05) is 62.4 Å². The first-order valence-electron chi connectivity index (χ1n) is 7.49. The number of hydrogen-bond donors (Lipinski definition) is 1. The molecular formula is C20H22O3. The third-order valence-corrected chi connectivity index (χ3v) is 3.24. The Labute approximate surface area is 137 Å². The summed E-state index contributed by atoms with van der Waals surface area (Å²) in [6, 6.07) is 13.0. The molecule has 3 heteroatoms. The van der Waals surface area contributed by atoms with Gasteiger partial charge in [-0.25, -0.2) is 0 Å². The summed E-state index contributed by atoms with van der Waals surface area (Å²) in [5.41, 5.74) is 3.18. The van der Waals surface area contributed by atoms with Crippen molar-refractivity contribution < 1.29 is 14.6 Å². The third-order valence-electron chi connectivity index (χ3n) is 3.24. The second-order valence-corrected chi connectivity index (χ2v) is 5.46. The SMILES string of the molecule is COc1cc(O)cc(/C=C\c2ccc(OCC=C(C)C)cc2)c1. The van der Waals surface area contributed by atoms with Crippen molar-refractivity contribution in [2.45, 2.75) is 13.8 Å². The molecule has 3 nitrogen and oxygen atoms in total. The first-order chi connectivity index (χ1) is 11.1. The minimum Gasteiger partial charge on any atom is -0.508 e. The number of allylic oxidation sites excluding steroid dienone is 1. The van der Waals surface area contributed by atoms with Gasteiger partial charge in [0.2, 0.25) is 0 Å². The lowest BCUT2D eigenvalue weighted by atomic mass is 10.1. The molecule has 2 aromatic rings. The lowest BCUT2D eigenvalue weighted by Crippen LogP contribution is -1.93. The van der Waals surface area contributed by atoms with Crippen molar-refractivity contribution in [1.82, 2.24) is 0 Å². The summed E-state index contributed by atoms with van der Waals surface area (Å²) < 4.78 is 10.8. The Hall–Kier alpha value is -2.68. The molecule has 2 rings (SSSR count). The molecule has 0 aliphatic heterocycles. The number of phenolic OH excluding ortho intramolecular Hbond substituents is 1. The predicted octanol–water partition coefficient (Wildman–Crippen LogP) is 4.92. The highest BCUT2D eigenvalue weighted by Gasteiger charge is 1.98. The fourth-order valence-corrected chi connectivity index (χ4v) is 1.99. The largest absolute Gasteiger partial charge is 0.508 e. The average molecular weight is 310 g/mol. The molecule has 23 heavy (non-hydrogen) atoms. The molecule has 0 bridgehead atoms. The number of aromatic hydroxyl groups is 1. The van der Waals surface area contributed by atoms with E-state index in [4.69, 9.17) is 9.47 Å². The molecule has 0 fully saturated rings. The molecule has 0 radical (unpaired) electrons. The van der Waals surface area contributed by atoms with Gasteiger partial charge in [0.15, 0.2) is 0 Å². The highest BCUT2D eigenvalue weighted by molar-refractivity contribution is 5.71. The van der Waals surface area contributed by atoms with Crippen LogP contribution in [0.25, 0.3) is 12.2 Å². The van der Waals surface area contributed by atoms with Crippen LogP contribution in [-0.2, 0) is 0 Å². The van der Waals surface area contributed by atoms with Crippen LogP contribution in [0.2, 0.25) is 0 Å². The molecule has 0 atom stereocenters. The van der Waals surface area contributed by atoms with Gasteiger partial charge < -0.3 is 14.6 Å². The normalized spacial score (nSPS) is 10.6. The number of phenols is 1. The molecule has 0 heterocycles. The van der Waals surface area contributed by atoms with Crippen LogP contribution in [-0.4, -0.2) is 18.8 Å². The van der Waals surface area contributed by atoms with E-state index in [1.165, 1.54) is 5.57 Å². The molecule has 1 N–H and O–H groups in total. The van der Waals surface area contributed by atoms with Crippen LogP contribution in [0.3, 0.4) is 0 Å². The average Bonchev–Trinajstić information content (AvgIpc) is 2.53. The first kappa shape index (κ1) is 16.7. The van der Waals surface area contributed by atoms with E-state index in [2.05, 4.69) is 0 Å². The van der Waals surface area contributed by atoms with Crippen molar-refractivity contribution in [2.75, 3.05) is 13.7 Å². The Balaban J connectivity index is 2.03. The smallest absolute Gasteiger partial charge is 0.123 e. The van der Waals surface area contributed by atoms with Crippen LogP contribution in [0.15, 0.2) is 54.1 Å². The summed E-state index contributed by atoms with van der Waals surface area (Å²) in [6.45, 7) is 4.68. The van der Waals surface area contributed by atoms with E-state index in [0.717, 1.165) is 16.9 Å². The molecule has 0 saturated heterocycles. The summed E-state index contributed by atoms with van der Waals surface area (Å²) in [5, 5.41) is 9.64. The van der Waals surface area contributed by atoms with E-state index in [1.54, 1.807) is 19.2 Å². The molecule has 0 saturated carbocycles. The molecule has 0 aliphatic carbocycles. The molecule has 0 spiro atoms. The summed E-state index contributed by atoms with van der Waals surface area (Å²) >= 11 is 0. The number of rotatable bonds is 6. The quantitative estimate of drug-likeness (QED) is 0.608. The van der Waals surface area contributed by atoms with Gasteiger partial charge in [-0.15, -0.1) is 0 Å². The van der Waals surface area contributed by atoms with Gasteiger partial charge in [0.25, 0.3) is 0 Å². The minimum atomic E-state index is 0.187. The Morgan fingerprint density at radius 1 is 0.957 bits per heavy atom. The van der Waals surface area contributed by atoms with Gasteiger partial charge in [-0.1, -0.05) is 29.9 Å². The Kier molecular flexibility index (Phi) is 5.87. The zero-order valence-electron chi connectivity index (χ0n) is 13.7. The van der Waals surface area contributed by atoms with E-state index < -0.39 is 0 Å². The summed E-state index contributed by atoms with van der Waals surface area (Å²) in [4.78, 5) is 0. The summed E-state index contributed by atoms with van der Waals surface area (Å²) in [5.74, 6) is 1.67. The molecular weight excluding hydrogens is 288 g/mol. The maximum absolute atomic E-state index is 9.64. The van der Waals surface area contributed by atoms with Crippen LogP contribution >= 0.6 is 0 Å². The zero-order chi connectivity index (χ0) is 16.7. The number of ether oxygens (including phenoxy) is 2. The van der Waals surface area contributed by atoms with Gasteiger partial charge in [0.05, 0.1) is 7.11 Å². The molecule has 0 aromatic heterocycles. The van der Waals surface area contributed by atoms with Crippen molar-refractivity contribution in [3.8, 4) is 17.2 Å². The van der Waals surface area contributed by atoms with Gasteiger partial charge in [0.1, 0.15) is 23.9 Å². The van der Waals surface area contributed by atoms with Crippen molar-refractivity contribution >= 4 is 12.2 Å². The Bertz CT molecular complexity index is 693. The van der Waals surface area contributed by atoms with E-state index in [0.29, 0.717) is 12.4 Å². The molecule has 0 aliphatic rings. The highest BCUT2D eigenvalue weighted by atomic mass is 16.5. The van der Waals surface area contributed by atoms with Crippen LogP contribution < -0.4 is 9.47 Å². The zero-order valence-corrected chi connectivity index (χ0v) is 13.7. The van der Waals surface area contributed by atoms with Gasteiger partial charge >= 0.3 is 0 Å². The molecule has 0 unspecified atom stereocenters. The van der Waals surface area contributed by atoms with Crippen LogP contribution in [0, 0.1) is 0 Å². The topological polar surface area (TPSA) is 38.7 Å². The standard InChI is InChI=1S/C20H22O3/c1-15(2)10-11-23-19-8-6-16(7-9-19)4-5-17-12-18(21)14-20(13-17)22-3/h4-10,12-14,21H,11H2,1-3H3/b5-4-. The van der Waals surface area contributed by atoms with Gasteiger partial charge in [-0.2, -0.15) is 0 Å². The second-order valence-electron chi connectivity index (χ2n) is 5.46. The maximum Gasteiger partial charge on any atom is 0.123 e. The second kappa shape index (κ2) is 8.08. The van der Waals surface area contributed by atoms with Gasteiger partial charge in [-0.3, -0.25) is 0 Å². The first-order valence-corrected chi connectivity index (χ1v) is 7.49. The summed E-state index contributed by atoms with van der Waals surface area (Å²) in [7, 11) is 1.58. The number of hydrogen-bond acceptors (Lipinski definition) is 3. The molecule has 2 aromatic carbocycles. The van der Waals surface area contributed by atoms with E-state index >= 15 is 0 Å². The lowest BCUT2D eigenvalue weighted by molar-refractivity contribution is 0.362. The minimum absolute atomic E-state index is 0.187. The summed E-state index contributed by atoms with van der Waals surface area (Å²) in [6.07, 6.45) is 5.96. The van der Waals surface area contributed by atoms with Crippen molar-refractivity contribution in [2.24, 2.45) is 0 Å². The molecule has 120 valence electrons. The van der Waals surface area contributed by atoms with Gasteiger partial charge in [0, 0.05) is 6.07 Å². The number of benzene rings is 2. The van der Waals surface area contributed by atoms with Crippen molar-refractivity contribution in [1.29, 1.82) is 0 Å². The van der Waals surface area contributed by atoms with E-state index in [-0.39, 0.29) is 5.75 Å². The fraction of sp³-hybridized carbons (Fsp3) is 0.200. The monoisotopic (exact) mass is 310 g/mol. The van der Waals surface area contributed by atoms with Crippen molar-refractivity contribution in [3.05, 3.63) is 65.2 Å². The van der Waals surface area contributed by atoms with E-state index in [9.17, 15) is 5.11 Å². The van der Waals surface area contributed by atoms with Crippen LogP contribution in [0.5, 0.6) is 17.2 Å². The lowest BCUT2D eigenvalue weighted by Gasteiger charge is -2.04. The van der Waals surface area contributed by atoms with Crippen LogP contribution in [0.1, 0.15) is 25.0 Å².